The van der Waals surface area contributed by atoms with Gasteiger partial charge in [-0.25, -0.2) is 13.4 Å². The van der Waals surface area contributed by atoms with E-state index in [0.717, 1.165) is 27.5 Å². The first kappa shape index (κ1) is 19.7. The van der Waals surface area contributed by atoms with Crippen molar-refractivity contribution in [3.8, 4) is 11.3 Å². The minimum Gasteiger partial charge on any atom is -0.467 e. The second kappa shape index (κ2) is 8.00. The number of furan rings is 1. The maximum atomic E-state index is 12.2. The number of carbonyl (C=O) groups is 1. The van der Waals surface area contributed by atoms with Crippen LogP contribution in [0.4, 0.5) is 5.69 Å². The summed E-state index contributed by atoms with van der Waals surface area (Å²) in [4.78, 5) is 16.7. The molecule has 7 nitrogen and oxygen atoms in total. The molecule has 0 atom stereocenters. The lowest BCUT2D eigenvalue weighted by Crippen LogP contribution is -2.30. The number of thiazole rings is 1. The zero-order valence-electron chi connectivity index (χ0n) is 15.9. The highest BCUT2D eigenvalue weighted by atomic mass is 32.2. The van der Waals surface area contributed by atoms with Crippen molar-refractivity contribution in [2.75, 3.05) is 16.6 Å². The number of aromatic nitrogens is 1. The molecular formula is C20H21N3O4S2. The Morgan fingerprint density at radius 1 is 1.34 bits per heavy atom. The lowest BCUT2D eigenvalue weighted by molar-refractivity contribution is -0.120. The second-order valence-electron chi connectivity index (χ2n) is 6.73. The molecule has 152 valence electrons. The van der Waals surface area contributed by atoms with Crippen LogP contribution < -0.4 is 9.62 Å². The van der Waals surface area contributed by atoms with Gasteiger partial charge in [-0.05, 0) is 43.2 Å². The molecule has 0 aliphatic carbocycles. The van der Waals surface area contributed by atoms with E-state index in [0.29, 0.717) is 25.3 Å². The van der Waals surface area contributed by atoms with Crippen molar-refractivity contribution >= 4 is 33.0 Å². The number of fused-ring (bicyclic) bond motifs is 1. The molecule has 1 aliphatic heterocycles. The predicted octanol–water partition coefficient (Wildman–Crippen LogP) is 2.97. The van der Waals surface area contributed by atoms with Gasteiger partial charge >= 0.3 is 0 Å². The molecule has 3 aromatic rings. The van der Waals surface area contributed by atoms with Crippen LogP contribution >= 0.6 is 11.3 Å². The van der Waals surface area contributed by atoms with Gasteiger partial charge in [-0.2, -0.15) is 0 Å². The lowest BCUT2D eigenvalue weighted by atomic mass is 10.1. The molecule has 2 aromatic heterocycles. The molecule has 0 spiro atoms. The molecule has 0 bridgehead atoms. The van der Waals surface area contributed by atoms with Gasteiger partial charge in [0.15, 0.2) is 0 Å². The van der Waals surface area contributed by atoms with Crippen LogP contribution in [0.15, 0.2) is 46.4 Å². The summed E-state index contributed by atoms with van der Waals surface area (Å²) < 4.78 is 31.1. The van der Waals surface area contributed by atoms with Gasteiger partial charge in [-0.1, -0.05) is 6.07 Å². The number of carbonyl (C=O) groups excluding carboxylic acids is 1. The summed E-state index contributed by atoms with van der Waals surface area (Å²) in [6.45, 7) is 2.49. The van der Waals surface area contributed by atoms with Crippen LogP contribution in [0, 0.1) is 0 Å². The minimum absolute atomic E-state index is 0.0889. The van der Waals surface area contributed by atoms with E-state index >= 15 is 0 Å². The molecule has 9 heteroatoms. The topological polar surface area (TPSA) is 92.5 Å². The van der Waals surface area contributed by atoms with E-state index < -0.39 is 10.0 Å². The van der Waals surface area contributed by atoms with Gasteiger partial charge in [0.25, 0.3) is 0 Å². The lowest BCUT2D eigenvalue weighted by Gasteiger charge is -2.18. The molecular weight excluding hydrogens is 410 g/mol. The van der Waals surface area contributed by atoms with Crippen molar-refractivity contribution in [2.45, 2.75) is 26.3 Å². The van der Waals surface area contributed by atoms with Gasteiger partial charge in [0.1, 0.15) is 10.8 Å². The number of sulfonamides is 1. The Morgan fingerprint density at radius 2 is 2.21 bits per heavy atom. The van der Waals surface area contributed by atoms with Crippen molar-refractivity contribution in [1.29, 1.82) is 0 Å². The molecule has 0 radical (unpaired) electrons. The highest BCUT2D eigenvalue weighted by Crippen LogP contribution is 2.34. The van der Waals surface area contributed by atoms with Crippen LogP contribution in [0.25, 0.3) is 11.3 Å². The molecule has 0 unspecified atom stereocenters. The number of hydrogen-bond donors (Lipinski definition) is 1. The Morgan fingerprint density at radius 3 is 2.97 bits per heavy atom. The fourth-order valence-corrected chi connectivity index (χ4v) is 5.26. The standard InChI is InChI=1S/C20H21N3O4S2/c1-2-29(25,26)23-8-7-15-10-14(5-6-18(15)23)17-13-28-20(22-17)11-19(24)21-12-16-4-3-9-27-16/h3-6,9-10,13H,2,7-8,11-12H2,1H3,(H,21,24). The van der Waals surface area contributed by atoms with Crippen molar-refractivity contribution in [3.63, 3.8) is 0 Å². The van der Waals surface area contributed by atoms with Crippen LogP contribution in [0.1, 0.15) is 23.3 Å². The van der Waals surface area contributed by atoms with E-state index in [1.165, 1.54) is 15.6 Å². The maximum Gasteiger partial charge on any atom is 0.234 e. The fourth-order valence-electron chi connectivity index (χ4n) is 3.30. The third-order valence-electron chi connectivity index (χ3n) is 4.83. The average molecular weight is 432 g/mol. The van der Waals surface area contributed by atoms with Crippen LogP contribution in [-0.4, -0.2) is 31.6 Å². The predicted molar refractivity (Wildman–Crippen MR) is 112 cm³/mol. The minimum atomic E-state index is -3.25. The number of benzene rings is 1. The highest BCUT2D eigenvalue weighted by Gasteiger charge is 2.28. The molecule has 1 N–H and O–H groups in total. The number of nitrogens with zero attached hydrogens (tertiary/aromatic N) is 2. The Bertz CT molecular complexity index is 1120. The summed E-state index contributed by atoms with van der Waals surface area (Å²) in [7, 11) is -3.25. The number of rotatable bonds is 7. The fraction of sp³-hybridized carbons (Fsp3) is 0.300. The summed E-state index contributed by atoms with van der Waals surface area (Å²) in [5.41, 5.74) is 3.48. The highest BCUT2D eigenvalue weighted by molar-refractivity contribution is 7.92. The van der Waals surface area contributed by atoms with Crippen LogP contribution in [0.2, 0.25) is 0 Å². The van der Waals surface area contributed by atoms with E-state index in [9.17, 15) is 13.2 Å². The van der Waals surface area contributed by atoms with Crippen molar-refractivity contribution in [3.05, 3.63) is 58.3 Å². The van der Waals surface area contributed by atoms with Gasteiger partial charge in [-0.15, -0.1) is 11.3 Å². The normalized spacial score (nSPS) is 13.5. The third-order valence-corrected chi connectivity index (χ3v) is 7.46. The Hall–Kier alpha value is -2.65. The molecule has 1 aliphatic rings. The molecule has 0 saturated heterocycles. The summed E-state index contributed by atoms with van der Waals surface area (Å²) in [5, 5.41) is 5.46. The quantitative estimate of drug-likeness (QED) is 0.621. The molecule has 4 rings (SSSR count). The van der Waals surface area contributed by atoms with E-state index in [4.69, 9.17) is 4.42 Å². The SMILES string of the molecule is CCS(=O)(=O)N1CCc2cc(-c3csc(CC(=O)NCc4ccco4)n3)ccc21. The summed E-state index contributed by atoms with van der Waals surface area (Å²) >= 11 is 1.44. The molecule has 1 amide bonds. The van der Waals surface area contributed by atoms with Gasteiger partial charge in [0.2, 0.25) is 15.9 Å². The Labute approximate surface area is 173 Å². The van der Waals surface area contributed by atoms with Gasteiger partial charge < -0.3 is 9.73 Å². The first-order chi connectivity index (χ1) is 14.0. The molecule has 3 heterocycles. The zero-order chi connectivity index (χ0) is 20.4. The number of nitrogens with one attached hydrogen (secondary N) is 1. The van der Waals surface area contributed by atoms with Crippen LogP contribution in [0.3, 0.4) is 0 Å². The van der Waals surface area contributed by atoms with Gasteiger partial charge in [0, 0.05) is 17.5 Å². The number of amides is 1. The zero-order valence-corrected chi connectivity index (χ0v) is 17.6. The van der Waals surface area contributed by atoms with Crippen LogP contribution in [0.5, 0.6) is 0 Å². The summed E-state index contributed by atoms with van der Waals surface area (Å²) in [6.07, 6.45) is 2.47. The molecule has 0 fully saturated rings. The second-order valence-corrected chi connectivity index (χ2v) is 9.85. The average Bonchev–Trinajstić information content (AvgIpc) is 3.46. The largest absolute Gasteiger partial charge is 0.467 e. The molecule has 1 aromatic carbocycles. The Balaban J connectivity index is 1.44. The third kappa shape index (κ3) is 4.20. The number of anilines is 1. The first-order valence-electron chi connectivity index (χ1n) is 9.33. The van der Waals surface area contributed by atoms with Crippen molar-refractivity contribution < 1.29 is 17.6 Å². The van der Waals surface area contributed by atoms with E-state index in [2.05, 4.69) is 10.3 Å². The first-order valence-corrected chi connectivity index (χ1v) is 11.8. The van der Waals surface area contributed by atoms with E-state index in [-0.39, 0.29) is 18.1 Å². The van der Waals surface area contributed by atoms with Crippen LogP contribution in [-0.2, 0) is 34.2 Å². The van der Waals surface area contributed by atoms with Gasteiger partial charge in [-0.3, -0.25) is 9.10 Å². The van der Waals surface area contributed by atoms with Gasteiger partial charge in [0.05, 0.1) is 36.4 Å². The monoisotopic (exact) mass is 431 g/mol. The molecule has 0 saturated carbocycles. The summed E-state index contributed by atoms with van der Waals surface area (Å²) in [5.74, 6) is 0.679. The maximum absolute atomic E-state index is 12.2. The number of hydrogen-bond acceptors (Lipinski definition) is 6. The van der Waals surface area contributed by atoms with Crippen molar-refractivity contribution in [2.24, 2.45) is 0 Å². The van der Waals surface area contributed by atoms with Crippen molar-refractivity contribution in [1.82, 2.24) is 10.3 Å². The Kier molecular flexibility index (Phi) is 5.42. The molecule has 29 heavy (non-hydrogen) atoms. The van der Waals surface area contributed by atoms with E-state index in [1.54, 1.807) is 19.3 Å². The summed E-state index contributed by atoms with van der Waals surface area (Å²) in [6, 6.07) is 9.32. The van der Waals surface area contributed by atoms with E-state index in [1.807, 2.05) is 29.6 Å². The smallest absolute Gasteiger partial charge is 0.234 e.